The van der Waals surface area contributed by atoms with E-state index in [1.54, 1.807) is 0 Å². The molecule has 150 valence electrons. The van der Waals surface area contributed by atoms with Gasteiger partial charge in [0.15, 0.2) is 11.0 Å². The summed E-state index contributed by atoms with van der Waals surface area (Å²) in [5.41, 5.74) is 4.03. The van der Waals surface area contributed by atoms with Gasteiger partial charge in [0.05, 0.1) is 16.0 Å². The molecule has 1 atom stereocenters. The van der Waals surface area contributed by atoms with E-state index in [0.29, 0.717) is 22.0 Å². The molecule has 0 saturated heterocycles. The van der Waals surface area contributed by atoms with Crippen molar-refractivity contribution in [1.82, 2.24) is 20.1 Å². The fraction of sp³-hybridized carbons (Fsp3) is 0.318. The zero-order chi connectivity index (χ0) is 20.5. The van der Waals surface area contributed by atoms with Crippen LogP contribution in [0.3, 0.4) is 0 Å². The summed E-state index contributed by atoms with van der Waals surface area (Å²) in [7, 11) is 0. The second kappa shape index (κ2) is 8.20. The first-order valence-corrected chi connectivity index (χ1v) is 10.9. The van der Waals surface area contributed by atoms with Gasteiger partial charge in [0.1, 0.15) is 0 Å². The Morgan fingerprint density at radius 1 is 1.21 bits per heavy atom. The van der Waals surface area contributed by atoms with Gasteiger partial charge in [-0.05, 0) is 62.9 Å². The van der Waals surface area contributed by atoms with Crippen LogP contribution in [0.1, 0.15) is 30.9 Å². The molecule has 0 spiro atoms. The van der Waals surface area contributed by atoms with Crippen LogP contribution in [0.25, 0.3) is 17.1 Å². The van der Waals surface area contributed by atoms with Crippen LogP contribution in [-0.4, -0.2) is 32.0 Å². The molecule has 1 heterocycles. The maximum Gasteiger partial charge on any atom is 0.233 e. The van der Waals surface area contributed by atoms with E-state index in [1.807, 2.05) is 35.8 Å². The smallest absolute Gasteiger partial charge is 0.233 e. The third kappa shape index (κ3) is 4.33. The van der Waals surface area contributed by atoms with Crippen molar-refractivity contribution in [3.05, 3.63) is 58.6 Å². The van der Waals surface area contributed by atoms with Crippen molar-refractivity contribution in [2.75, 3.05) is 0 Å². The van der Waals surface area contributed by atoms with Crippen LogP contribution in [0.2, 0.25) is 5.02 Å². The van der Waals surface area contributed by atoms with Gasteiger partial charge < -0.3 is 5.32 Å². The van der Waals surface area contributed by atoms with Gasteiger partial charge in [-0.25, -0.2) is 0 Å². The molecule has 29 heavy (non-hydrogen) atoms. The number of aryl methyl sites for hydroxylation is 2. The molecule has 1 fully saturated rings. The van der Waals surface area contributed by atoms with Crippen molar-refractivity contribution in [2.24, 2.45) is 0 Å². The summed E-state index contributed by atoms with van der Waals surface area (Å²) in [5.74, 6) is 0.703. The lowest BCUT2D eigenvalue weighted by Crippen LogP contribution is -2.32. The van der Waals surface area contributed by atoms with Gasteiger partial charge in [-0.1, -0.05) is 47.6 Å². The first-order valence-electron chi connectivity index (χ1n) is 9.69. The zero-order valence-corrected chi connectivity index (χ0v) is 18.2. The third-order valence-corrected chi connectivity index (χ3v) is 6.30. The molecule has 1 N–H and O–H groups in total. The second-order valence-corrected chi connectivity index (χ2v) is 9.17. The number of nitrogens with zero attached hydrogens (tertiary/aromatic N) is 3. The lowest BCUT2D eigenvalue weighted by Gasteiger charge is -2.16. The summed E-state index contributed by atoms with van der Waals surface area (Å²) < 4.78 is 2.01. The standard InChI is InChI=1S/C22H23ClN4OS/c1-13-8-9-14(2)19(12-13)27-20(17-6-4-5-7-18(17)23)25-26-22(27)29-15(3)21(28)24-16-10-11-16/h4-9,12,15-16H,10-11H2,1-3H3,(H,24,28). The van der Waals surface area contributed by atoms with Crippen LogP contribution in [0.5, 0.6) is 0 Å². The molecule has 4 rings (SSSR count). The van der Waals surface area contributed by atoms with Gasteiger partial charge in [0, 0.05) is 11.6 Å². The van der Waals surface area contributed by atoms with Crippen LogP contribution in [0.4, 0.5) is 0 Å². The maximum absolute atomic E-state index is 12.5. The molecule has 0 bridgehead atoms. The quantitative estimate of drug-likeness (QED) is 0.565. The lowest BCUT2D eigenvalue weighted by molar-refractivity contribution is -0.120. The van der Waals surface area contributed by atoms with Crippen molar-refractivity contribution in [2.45, 2.75) is 50.1 Å². The van der Waals surface area contributed by atoms with Crippen molar-refractivity contribution in [3.63, 3.8) is 0 Å². The molecule has 5 nitrogen and oxygen atoms in total. The molecule has 1 amide bonds. The number of rotatable bonds is 6. The number of thioether (sulfide) groups is 1. The third-order valence-electron chi connectivity index (χ3n) is 4.93. The maximum atomic E-state index is 12.5. The number of carbonyl (C=O) groups is 1. The largest absolute Gasteiger partial charge is 0.352 e. The van der Waals surface area contributed by atoms with Gasteiger partial charge in [0.2, 0.25) is 5.91 Å². The Labute approximate surface area is 179 Å². The van der Waals surface area contributed by atoms with Crippen molar-refractivity contribution < 1.29 is 4.79 Å². The number of halogens is 1. The number of hydrogen-bond donors (Lipinski definition) is 1. The Kier molecular flexibility index (Phi) is 5.65. The van der Waals surface area contributed by atoms with E-state index in [9.17, 15) is 4.79 Å². The zero-order valence-electron chi connectivity index (χ0n) is 16.6. The molecule has 2 aromatic carbocycles. The topological polar surface area (TPSA) is 59.8 Å². The highest BCUT2D eigenvalue weighted by molar-refractivity contribution is 8.00. The monoisotopic (exact) mass is 426 g/mol. The predicted octanol–water partition coefficient (Wildman–Crippen LogP) is 4.96. The van der Waals surface area contributed by atoms with Gasteiger partial charge >= 0.3 is 0 Å². The average Bonchev–Trinajstić information content (AvgIpc) is 3.42. The Bertz CT molecular complexity index is 1060. The summed E-state index contributed by atoms with van der Waals surface area (Å²) >= 11 is 7.88. The number of hydrogen-bond acceptors (Lipinski definition) is 4. The van der Waals surface area contributed by atoms with Gasteiger partial charge in [0.25, 0.3) is 0 Å². The highest BCUT2D eigenvalue weighted by Crippen LogP contribution is 2.34. The summed E-state index contributed by atoms with van der Waals surface area (Å²) in [4.78, 5) is 12.5. The summed E-state index contributed by atoms with van der Waals surface area (Å²) in [5, 5.41) is 13.0. The number of amides is 1. The minimum Gasteiger partial charge on any atom is -0.352 e. The average molecular weight is 427 g/mol. The normalized spacial score (nSPS) is 14.6. The molecule has 0 radical (unpaired) electrons. The molecule has 1 aliphatic rings. The fourth-order valence-corrected chi connectivity index (χ4v) is 4.19. The van der Waals surface area contributed by atoms with Gasteiger partial charge in [-0.15, -0.1) is 10.2 Å². The van der Waals surface area contributed by atoms with E-state index < -0.39 is 0 Å². The number of nitrogens with one attached hydrogen (secondary N) is 1. The number of aromatic nitrogens is 3. The molecule has 1 unspecified atom stereocenters. The van der Waals surface area contributed by atoms with Crippen molar-refractivity contribution in [1.29, 1.82) is 0 Å². The minimum atomic E-state index is -0.275. The molecular weight excluding hydrogens is 404 g/mol. The summed E-state index contributed by atoms with van der Waals surface area (Å²) in [6.45, 7) is 6.02. The van der Waals surface area contributed by atoms with Crippen molar-refractivity contribution in [3.8, 4) is 17.1 Å². The highest BCUT2D eigenvalue weighted by atomic mass is 35.5. The molecule has 3 aromatic rings. The Morgan fingerprint density at radius 3 is 2.69 bits per heavy atom. The number of benzene rings is 2. The molecule has 1 aromatic heterocycles. The minimum absolute atomic E-state index is 0.0345. The van der Waals surface area contributed by atoms with E-state index in [2.05, 4.69) is 47.6 Å². The SMILES string of the molecule is Cc1ccc(C)c(-n2c(SC(C)C(=O)NC3CC3)nnc2-c2ccccc2Cl)c1. The van der Waals surface area contributed by atoms with Gasteiger partial charge in [-0.3, -0.25) is 9.36 Å². The predicted molar refractivity (Wildman–Crippen MR) is 118 cm³/mol. The van der Waals surface area contributed by atoms with Crippen LogP contribution in [0.15, 0.2) is 47.6 Å². The molecular formula is C22H23ClN4OS. The molecule has 1 saturated carbocycles. The fourth-order valence-electron chi connectivity index (χ4n) is 3.10. The first-order chi connectivity index (χ1) is 13.9. The van der Waals surface area contributed by atoms with Crippen LogP contribution in [0, 0.1) is 13.8 Å². The van der Waals surface area contributed by atoms with Crippen molar-refractivity contribution >= 4 is 29.3 Å². The molecule has 0 aliphatic heterocycles. The van der Waals surface area contributed by atoms with Gasteiger partial charge in [-0.2, -0.15) is 0 Å². The van der Waals surface area contributed by atoms with E-state index in [4.69, 9.17) is 11.6 Å². The first kappa shape index (κ1) is 20.0. The Morgan fingerprint density at radius 2 is 1.97 bits per heavy atom. The Balaban J connectivity index is 1.78. The van der Waals surface area contributed by atoms with E-state index in [1.165, 1.54) is 11.8 Å². The molecule has 1 aliphatic carbocycles. The van der Waals surface area contributed by atoms with Crippen LogP contribution >= 0.6 is 23.4 Å². The highest BCUT2D eigenvalue weighted by Gasteiger charge is 2.28. The van der Waals surface area contributed by atoms with E-state index >= 15 is 0 Å². The van der Waals surface area contributed by atoms with E-state index in [-0.39, 0.29) is 11.2 Å². The van der Waals surface area contributed by atoms with E-state index in [0.717, 1.165) is 35.2 Å². The molecule has 7 heteroatoms. The van der Waals surface area contributed by atoms with Crippen LogP contribution in [-0.2, 0) is 4.79 Å². The Hall–Kier alpha value is -2.31. The summed E-state index contributed by atoms with van der Waals surface area (Å²) in [6.07, 6.45) is 2.14. The lowest BCUT2D eigenvalue weighted by atomic mass is 10.1. The number of carbonyl (C=O) groups excluding carboxylic acids is 1. The summed E-state index contributed by atoms with van der Waals surface area (Å²) in [6, 6.07) is 14.2. The van der Waals surface area contributed by atoms with Crippen LogP contribution < -0.4 is 5.32 Å². The second-order valence-electron chi connectivity index (χ2n) is 7.45.